The van der Waals surface area contributed by atoms with E-state index in [1.165, 1.54) is 17.1 Å². The first-order valence-electron chi connectivity index (χ1n) is 12.3. The first-order valence-corrected chi connectivity index (χ1v) is 12.3. The van der Waals surface area contributed by atoms with Crippen molar-refractivity contribution in [3.63, 3.8) is 0 Å². The van der Waals surface area contributed by atoms with E-state index in [4.69, 9.17) is 20.3 Å². The Bertz CT molecular complexity index is 1050. The maximum Gasteiger partial charge on any atom is 2.00 e. The molecule has 5 aliphatic heterocycles. The Hall–Kier alpha value is -1.48. The van der Waals surface area contributed by atoms with Crippen molar-refractivity contribution in [3.8, 4) is 0 Å². The van der Waals surface area contributed by atoms with Crippen LogP contribution in [0, 0.1) is 21.7 Å². The van der Waals surface area contributed by atoms with Gasteiger partial charge in [0.05, 0.1) is 6.04 Å². The molecule has 0 amide bonds. The topological polar surface area (TPSA) is 51.2 Å². The van der Waals surface area contributed by atoms with Gasteiger partial charge in [0.25, 0.3) is 0 Å². The molecule has 180 valence electrons. The van der Waals surface area contributed by atoms with Crippen molar-refractivity contribution >= 4 is 17.1 Å². The summed E-state index contributed by atoms with van der Waals surface area (Å²) in [6, 6.07) is 0.529. The molecule has 5 heteroatoms. The second-order valence-corrected chi connectivity index (χ2v) is 13.2. The van der Waals surface area contributed by atoms with Crippen molar-refractivity contribution in [1.82, 2.24) is 0 Å². The van der Waals surface area contributed by atoms with E-state index in [0.717, 1.165) is 49.2 Å². The molecule has 0 aliphatic carbocycles. The Labute approximate surface area is 210 Å². The summed E-state index contributed by atoms with van der Waals surface area (Å²) in [5.74, 6) is 0. The van der Waals surface area contributed by atoms with E-state index in [1.807, 2.05) is 0 Å². The van der Waals surface area contributed by atoms with Gasteiger partial charge in [0.2, 0.25) is 0 Å². The van der Waals surface area contributed by atoms with Crippen LogP contribution in [-0.2, 0) is 16.5 Å². The largest absolute Gasteiger partial charge is 2.00 e. The van der Waals surface area contributed by atoms with Crippen molar-refractivity contribution < 1.29 is 16.5 Å². The van der Waals surface area contributed by atoms with E-state index in [-0.39, 0.29) is 44.2 Å². The van der Waals surface area contributed by atoms with Crippen molar-refractivity contribution in [1.29, 1.82) is 0 Å². The molecule has 0 radical (unpaired) electrons. The Morgan fingerprint density at radius 3 is 2.06 bits per heavy atom. The second kappa shape index (κ2) is 7.77. The van der Waals surface area contributed by atoms with Crippen LogP contribution in [0.2, 0.25) is 0 Å². The third-order valence-electron chi connectivity index (χ3n) is 8.13. The fourth-order valence-corrected chi connectivity index (χ4v) is 6.10. The molecule has 5 aliphatic rings. The Morgan fingerprint density at radius 1 is 0.758 bits per heavy atom. The fourth-order valence-electron chi connectivity index (χ4n) is 6.10. The van der Waals surface area contributed by atoms with Crippen LogP contribution >= 0.6 is 0 Å². The van der Waals surface area contributed by atoms with Gasteiger partial charge in [-0.2, -0.15) is 5.70 Å². The number of rotatable bonds is 0. The van der Waals surface area contributed by atoms with Gasteiger partial charge in [0.1, 0.15) is 0 Å². The van der Waals surface area contributed by atoms with Gasteiger partial charge in [-0.15, -0.1) is 6.04 Å². The molecular weight excluding hydrogens is 451 g/mol. The molecule has 0 saturated carbocycles. The minimum Gasteiger partial charge on any atom is -0.684 e. The van der Waals surface area contributed by atoms with Gasteiger partial charge in [-0.05, 0) is 30.4 Å². The van der Waals surface area contributed by atoms with E-state index in [1.54, 1.807) is 0 Å². The maximum atomic E-state index is 5.23. The Morgan fingerprint density at radius 2 is 1.36 bits per heavy atom. The molecule has 1 saturated heterocycles. The van der Waals surface area contributed by atoms with Crippen LogP contribution in [0.4, 0.5) is 0 Å². The van der Waals surface area contributed by atoms with E-state index < -0.39 is 0 Å². The molecule has 5 heterocycles. The summed E-state index contributed by atoms with van der Waals surface area (Å²) in [7, 11) is 0. The van der Waals surface area contributed by atoms with E-state index in [9.17, 15) is 0 Å². The number of fused-ring (bicyclic) bond motifs is 5. The van der Waals surface area contributed by atoms with Crippen molar-refractivity contribution in [3.05, 3.63) is 40.6 Å². The quantitative estimate of drug-likeness (QED) is 0.323. The summed E-state index contributed by atoms with van der Waals surface area (Å²) in [5, 5.41) is 5.22. The van der Waals surface area contributed by atoms with Gasteiger partial charge in [0, 0.05) is 57.6 Å². The molecule has 5 rings (SSSR count). The number of aliphatic imine (C=N–C) groups is 3. The average molecular weight is 490 g/mol. The van der Waals surface area contributed by atoms with Crippen LogP contribution in [-0.4, -0.2) is 29.2 Å². The SMILES string of the molecule is CC1(C)CC2=NC1=CC1CC(C)(C)C(=N1)CC1CC(C)(C)/C(=C/C3=NC(=C2)C(C)(C)C3)[N-]1.[Ni+2]. The third kappa shape index (κ3) is 4.47. The molecule has 33 heavy (non-hydrogen) atoms. The zero-order valence-electron chi connectivity index (χ0n) is 21.5. The standard InChI is InChI=1S/C28H39N4.Ni/c1-25(2)13-17-10-22-27(5,6)15-19(31-22)12-24-28(7,8)16-20(32-24)11-23-26(3,4)14-18(30-23)9-21(25)29-17;/h9-11,19-20H,12-16H2,1-8H3;/q-1;+2/b21-9?,22-10-,23-11?;. The normalized spacial score (nSPS) is 34.1. The van der Waals surface area contributed by atoms with Gasteiger partial charge in [-0.1, -0.05) is 67.9 Å². The van der Waals surface area contributed by atoms with Gasteiger partial charge >= 0.3 is 16.5 Å². The van der Waals surface area contributed by atoms with E-state index in [2.05, 4.69) is 73.6 Å². The number of nitrogens with zero attached hydrogens (tertiary/aromatic N) is 4. The van der Waals surface area contributed by atoms with Crippen LogP contribution in [0.25, 0.3) is 5.32 Å². The predicted molar refractivity (Wildman–Crippen MR) is 136 cm³/mol. The van der Waals surface area contributed by atoms with Gasteiger partial charge in [0.15, 0.2) is 0 Å². The molecule has 2 unspecified atom stereocenters. The fraction of sp³-hybridized carbons (Fsp3) is 0.679. The van der Waals surface area contributed by atoms with Crippen LogP contribution in [0.1, 0.15) is 87.5 Å². The van der Waals surface area contributed by atoms with E-state index in [0.29, 0.717) is 6.04 Å². The smallest absolute Gasteiger partial charge is 0.684 e. The summed E-state index contributed by atoms with van der Waals surface area (Å²) in [5.41, 5.74) is 7.46. The summed E-state index contributed by atoms with van der Waals surface area (Å²) in [4.78, 5) is 15.4. The van der Waals surface area contributed by atoms with Crippen LogP contribution < -0.4 is 0 Å². The number of hydrogen-bond acceptors (Lipinski definition) is 3. The molecule has 8 bridgehead atoms. The van der Waals surface area contributed by atoms with Gasteiger partial charge in [-0.25, -0.2) is 0 Å². The molecule has 0 N–H and O–H groups in total. The average Bonchev–Trinajstić information content (AvgIpc) is 3.25. The van der Waals surface area contributed by atoms with Crippen molar-refractivity contribution in [2.24, 2.45) is 36.6 Å². The molecular formula is C28H39N4Ni+. The minimum absolute atomic E-state index is 0. The zero-order valence-corrected chi connectivity index (χ0v) is 22.5. The molecule has 0 aromatic carbocycles. The summed E-state index contributed by atoms with van der Waals surface area (Å²) in [6.07, 6.45) is 11.9. The number of hydrogen-bond donors (Lipinski definition) is 0. The minimum atomic E-state index is 0. The van der Waals surface area contributed by atoms with Crippen LogP contribution in [0.5, 0.6) is 0 Å². The van der Waals surface area contributed by atoms with E-state index >= 15 is 0 Å². The first-order chi connectivity index (χ1) is 14.7. The summed E-state index contributed by atoms with van der Waals surface area (Å²) in [6.45, 7) is 18.6. The first kappa shape index (κ1) is 24.6. The van der Waals surface area contributed by atoms with Gasteiger partial charge in [-0.3, -0.25) is 15.0 Å². The van der Waals surface area contributed by atoms with Gasteiger partial charge < -0.3 is 5.32 Å². The predicted octanol–water partition coefficient (Wildman–Crippen LogP) is 7.19. The second-order valence-electron chi connectivity index (χ2n) is 13.2. The monoisotopic (exact) mass is 489 g/mol. The van der Waals surface area contributed by atoms with Crippen LogP contribution in [0.3, 0.4) is 0 Å². The Balaban J connectivity index is 0.00000259. The van der Waals surface area contributed by atoms with Crippen molar-refractivity contribution in [2.75, 3.05) is 0 Å². The molecule has 1 fully saturated rings. The third-order valence-corrected chi connectivity index (χ3v) is 8.13. The molecule has 0 aromatic heterocycles. The number of allylic oxidation sites excluding steroid dienone is 5. The van der Waals surface area contributed by atoms with Crippen molar-refractivity contribution in [2.45, 2.75) is 99.6 Å². The molecule has 0 aromatic rings. The van der Waals surface area contributed by atoms with Crippen LogP contribution in [0.15, 0.2) is 50.3 Å². The molecule has 0 spiro atoms. The molecule has 2 atom stereocenters. The Kier molecular flexibility index (Phi) is 5.80. The summed E-state index contributed by atoms with van der Waals surface area (Å²) >= 11 is 0. The maximum absolute atomic E-state index is 5.23. The molecule has 4 nitrogen and oxygen atoms in total. The zero-order chi connectivity index (χ0) is 23.1. The summed E-state index contributed by atoms with van der Waals surface area (Å²) < 4.78 is 0.